The van der Waals surface area contributed by atoms with Crippen LogP contribution in [0, 0.1) is 5.92 Å². The number of nitrogens with one attached hydrogen (secondary N) is 1. The Hall–Kier alpha value is -2.14. The Bertz CT molecular complexity index is 639. The molecule has 0 spiro atoms. The van der Waals surface area contributed by atoms with Crippen molar-refractivity contribution in [3.63, 3.8) is 0 Å². The molecule has 5 heteroatoms. The molecule has 1 N–H and O–H groups in total. The van der Waals surface area contributed by atoms with Gasteiger partial charge in [-0.1, -0.05) is 12.1 Å². The lowest BCUT2D eigenvalue weighted by molar-refractivity contribution is 0.0600. The minimum Gasteiger partial charge on any atom is -0.465 e. The highest BCUT2D eigenvalue weighted by atomic mass is 16.5. The van der Waals surface area contributed by atoms with Crippen LogP contribution in [0.1, 0.15) is 27.9 Å². The second-order valence-electron chi connectivity index (χ2n) is 6.21. The molecule has 5 nitrogen and oxygen atoms in total. The summed E-state index contributed by atoms with van der Waals surface area (Å²) in [7, 11) is 1.42. The van der Waals surface area contributed by atoms with E-state index in [4.69, 9.17) is 4.74 Å². The number of rotatable bonds is 6. The molecule has 3 rings (SSSR count). The zero-order chi connectivity index (χ0) is 16.1. The van der Waals surface area contributed by atoms with Gasteiger partial charge in [0.2, 0.25) is 0 Å². The average molecular weight is 313 g/mol. The van der Waals surface area contributed by atoms with Crippen molar-refractivity contribution in [3.8, 4) is 0 Å². The van der Waals surface area contributed by atoms with E-state index in [1.54, 1.807) is 6.07 Å². The van der Waals surface area contributed by atoms with Crippen LogP contribution in [0.2, 0.25) is 0 Å². The molecule has 1 fully saturated rings. The van der Waals surface area contributed by atoms with Gasteiger partial charge in [-0.3, -0.25) is 5.10 Å². The zero-order valence-electron chi connectivity index (χ0n) is 13.5. The van der Waals surface area contributed by atoms with E-state index in [-0.39, 0.29) is 5.97 Å². The number of aromatic nitrogens is 2. The van der Waals surface area contributed by atoms with E-state index < -0.39 is 0 Å². The SMILES string of the molecule is COC(=O)c1cccc(CC2CCN(CCc3cn[nH]c3)C2)c1. The van der Waals surface area contributed by atoms with Gasteiger partial charge in [0.05, 0.1) is 18.9 Å². The summed E-state index contributed by atoms with van der Waals surface area (Å²) >= 11 is 0. The molecule has 0 bridgehead atoms. The molecule has 1 unspecified atom stereocenters. The molecule has 2 heterocycles. The minimum absolute atomic E-state index is 0.264. The Morgan fingerprint density at radius 3 is 3.13 bits per heavy atom. The second-order valence-corrected chi connectivity index (χ2v) is 6.21. The molecule has 1 atom stereocenters. The molecule has 23 heavy (non-hydrogen) atoms. The van der Waals surface area contributed by atoms with Crippen LogP contribution < -0.4 is 0 Å². The van der Waals surface area contributed by atoms with Gasteiger partial charge in [-0.05, 0) is 55.0 Å². The number of carbonyl (C=O) groups excluding carboxylic acids is 1. The van der Waals surface area contributed by atoms with E-state index in [9.17, 15) is 4.79 Å². The van der Waals surface area contributed by atoms with Crippen LogP contribution in [0.15, 0.2) is 36.7 Å². The molecule has 2 aromatic rings. The lowest BCUT2D eigenvalue weighted by Crippen LogP contribution is -2.23. The Balaban J connectivity index is 1.50. The fourth-order valence-electron chi connectivity index (χ4n) is 3.26. The van der Waals surface area contributed by atoms with Gasteiger partial charge in [0.25, 0.3) is 0 Å². The monoisotopic (exact) mass is 313 g/mol. The molecular formula is C18H23N3O2. The van der Waals surface area contributed by atoms with Crippen molar-refractivity contribution in [2.24, 2.45) is 5.92 Å². The number of hydrogen-bond acceptors (Lipinski definition) is 4. The predicted molar refractivity (Wildman–Crippen MR) is 88.3 cm³/mol. The van der Waals surface area contributed by atoms with Gasteiger partial charge in [0, 0.05) is 19.3 Å². The first-order chi connectivity index (χ1) is 11.2. The number of esters is 1. The fourth-order valence-corrected chi connectivity index (χ4v) is 3.26. The molecule has 122 valence electrons. The average Bonchev–Trinajstić information content (AvgIpc) is 3.24. The summed E-state index contributed by atoms with van der Waals surface area (Å²) in [6, 6.07) is 7.80. The molecule has 1 aromatic heterocycles. The molecule has 0 aliphatic carbocycles. The van der Waals surface area contributed by atoms with Crippen molar-refractivity contribution in [2.45, 2.75) is 19.3 Å². The summed E-state index contributed by atoms with van der Waals surface area (Å²) < 4.78 is 4.79. The van der Waals surface area contributed by atoms with Gasteiger partial charge in [-0.25, -0.2) is 4.79 Å². The maximum absolute atomic E-state index is 11.6. The minimum atomic E-state index is -0.264. The molecular weight excluding hydrogens is 290 g/mol. The highest BCUT2D eigenvalue weighted by molar-refractivity contribution is 5.89. The molecule has 1 saturated heterocycles. The van der Waals surface area contributed by atoms with Gasteiger partial charge in [-0.2, -0.15) is 5.10 Å². The number of methoxy groups -OCH3 is 1. The topological polar surface area (TPSA) is 58.2 Å². The summed E-state index contributed by atoms with van der Waals surface area (Å²) in [4.78, 5) is 14.1. The van der Waals surface area contributed by atoms with Crippen LogP contribution >= 0.6 is 0 Å². The lowest BCUT2D eigenvalue weighted by atomic mass is 9.97. The van der Waals surface area contributed by atoms with Crippen LogP contribution in [0.25, 0.3) is 0 Å². The Morgan fingerprint density at radius 2 is 2.35 bits per heavy atom. The number of benzene rings is 1. The number of aromatic amines is 1. The molecule has 1 aliphatic heterocycles. The van der Waals surface area contributed by atoms with Crippen molar-refractivity contribution in [3.05, 3.63) is 53.3 Å². The van der Waals surface area contributed by atoms with E-state index in [1.807, 2.05) is 24.5 Å². The predicted octanol–water partition coefficient (Wildman–Crippen LogP) is 2.30. The zero-order valence-corrected chi connectivity index (χ0v) is 13.5. The van der Waals surface area contributed by atoms with Crippen molar-refractivity contribution >= 4 is 5.97 Å². The highest BCUT2D eigenvalue weighted by Crippen LogP contribution is 2.21. The third-order valence-corrected chi connectivity index (χ3v) is 4.51. The largest absolute Gasteiger partial charge is 0.465 e. The number of carbonyl (C=O) groups is 1. The van der Waals surface area contributed by atoms with Crippen molar-refractivity contribution in [1.82, 2.24) is 15.1 Å². The molecule has 0 saturated carbocycles. The highest BCUT2D eigenvalue weighted by Gasteiger charge is 2.22. The van der Waals surface area contributed by atoms with Crippen molar-refractivity contribution < 1.29 is 9.53 Å². The first kappa shape index (κ1) is 15.7. The van der Waals surface area contributed by atoms with Crippen LogP contribution in [0.4, 0.5) is 0 Å². The summed E-state index contributed by atoms with van der Waals surface area (Å²) in [5.41, 5.74) is 3.12. The Morgan fingerprint density at radius 1 is 1.43 bits per heavy atom. The molecule has 1 aromatic carbocycles. The number of H-pyrrole nitrogens is 1. The van der Waals surface area contributed by atoms with E-state index in [0.717, 1.165) is 32.5 Å². The second kappa shape index (κ2) is 7.42. The normalized spacial score (nSPS) is 18.2. The third kappa shape index (κ3) is 4.20. The lowest BCUT2D eigenvalue weighted by Gasteiger charge is -2.15. The fraction of sp³-hybridized carbons (Fsp3) is 0.444. The maximum atomic E-state index is 11.6. The van der Waals surface area contributed by atoms with Crippen LogP contribution in [0.3, 0.4) is 0 Å². The van der Waals surface area contributed by atoms with Gasteiger partial charge < -0.3 is 9.64 Å². The van der Waals surface area contributed by atoms with E-state index in [0.29, 0.717) is 11.5 Å². The number of nitrogens with zero attached hydrogens (tertiary/aromatic N) is 2. The standard InChI is InChI=1S/C18H23N3O2/c1-23-18(22)17-4-2-3-14(10-17)9-15-5-7-21(13-15)8-6-16-11-19-20-12-16/h2-4,10-12,15H,5-9,13H2,1H3,(H,19,20). The Labute approximate surface area is 136 Å². The quantitative estimate of drug-likeness (QED) is 0.832. The molecule has 0 amide bonds. The Kier molecular flexibility index (Phi) is 5.08. The summed E-state index contributed by atoms with van der Waals surface area (Å²) in [5.74, 6) is 0.396. The van der Waals surface area contributed by atoms with Crippen LogP contribution in [0.5, 0.6) is 0 Å². The number of hydrogen-bond donors (Lipinski definition) is 1. The van der Waals surface area contributed by atoms with Crippen LogP contribution in [-0.2, 0) is 17.6 Å². The van der Waals surface area contributed by atoms with Gasteiger partial charge in [-0.15, -0.1) is 0 Å². The molecule has 0 radical (unpaired) electrons. The summed E-state index contributed by atoms with van der Waals surface area (Å²) in [5, 5.41) is 6.85. The van der Waals surface area contributed by atoms with Crippen LogP contribution in [-0.4, -0.2) is 47.8 Å². The first-order valence-electron chi connectivity index (χ1n) is 8.12. The summed E-state index contributed by atoms with van der Waals surface area (Å²) in [6.45, 7) is 3.36. The molecule has 1 aliphatic rings. The van der Waals surface area contributed by atoms with Gasteiger partial charge in [0.15, 0.2) is 0 Å². The van der Waals surface area contributed by atoms with Gasteiger partial charge >= 0.3 is 5.97 Å². The van der Waals surface area contributed by atoms with Gasteiger partial charge in [0.1, 0.15) is 0 Å². The van der Waals surface area contributed by atoms with E-state index >= 15 is 0 Å². The smallest absolute Gasteiger partial charge is 0.337 e. The maximum Gasteiger partial charge on any atom is 0.337 e. The number of ether oxygens (including phenoxy) is 1. The van der Waals surface area contributed by atoms with Crippen molar-refractivity contribution in [2.75, 3.05) is 26.7 Å². The van der Waals surface area contributed by atoms with Crippen molar-refractivity contribution in [1.29, 1.82) is 0 Å². The first-order valence-corrected chi connectivity index (χ1v) is 8.12. The summed E-state index contributed by atoms with van der Waals surface area (Å²) in [6.07, 6.45) is 7.14. The number of likely N-dealkylation sites (tertiary alicyclic amines) is 1. The third-order valence-electron chi connectivity index (χ3n) is 4.51. The van der Waals surface area contributed by atoms with E-state index in [2.05, 4.69) is 21.2 Å². The van der Waals surface area contributed by atoms with E-state index in [1.165, 1.54) is 24.7 Å².